The molecule has 29 heavy (non-hydrogen) atoms. The first-order valence-corrected chi connectivity index (χ1v) is 10.2. The van der Waals surface area contributed by atoms with Crippen LogP contribution in [0.25, 0.3) is 0 Å². The summed E-state index contributed by atoms with van der Waals surface area (Å²) in [5, 5.41) is 6.12. The standard InChI is InChI=1S/C19H22N4O5S/c1-2-26-19(25)22-18-21-13-5-6-23(9-16(13)29-18)10-17(24)20-8-12-3-4-14-15(7-12)28-11-27-14/h3-4,7H,2,5-6,8-11H2,1H3,(H,20,24)(H,21,22,25). The molecule has 2 aliphatic heterocycles. The third kappa shape index (κ3) is 4.77. The molecular weight excluding hydrogens is 396 g/mol. The summed E-state index contributed by atoms with van der Waals surface area (Å²) in [6, 6.07) is 5.64. The van der Waals surface area contributed by atoms with E-state index in [-0.39, 0.29) is 12.7 Å². The summed E-state index contributed by atoms with van der Waals surface area (Å²) in [5.41, 5.74) is 1.93. The summed E-state index contributed by atoms with van der Waals surface area (Å²) in [7, 11) is 0. The molecule has 0 saturated heterocycles. The van der Waals surface area contributed by atoms with Gasteiger partial charge in [0.25, 0.3) is 0 Å². The molecule has 2 aromatic rings. The predicted octanol–water partition coefficient (Wildman–Crippen LogP) is 2.11. The van der Waals surface area contributed by atoms with Gasteiger partial charge in [-0.3, -0.25) is 15.0 Å². The lowest BCUT2D eigenvalue weighted by Crippen LogP contribution is -2.39. The molecule has 9 nitrogen and oxygen atoms in total. The van der Waals surface area contributed by atoms with E-state index in [9.17, 15) is 9.59 Å². The van der Waals surface area contributed by atoms with Gasteiger partial charge >= 0.3 is 6.09 Å². The zero-order chi connectivity index (χ0) is 20.2. The molecule has 154 valence electrons. The fourth-order valence-electron chi connectivity index (χ4n) is 3.20. The molecule has 10 heteroatoms. The number of carbonyl (C=O) groups is 2. The molecule has 0 bridgehead atoms. The largest absolute Gasteiger partial charge is 0.454 e. The van der Waals surface area contributed by atoms with Crippen LogP contribution in [0.1, 0.15) is 23.1 Å². The molecule has 0 saturated carbocycles. The normalized spacial score (nSPS) is 14.9. The maximum Gasteiger partial charge on any atom is 0.413 e. The van der Waals surface area contributed by atoms with Crippen LogP contribution in [-0.2, 0) is 29.0 Å². The van der Waals surface area contributed by atoms with Gasteiger partial charge in [0.1, 0.15) is 0 Å². The van der Waals surface area contributed by atoms with Crippen molar-refractivity contribution in [1.82, 2.24) is 15.2 Å². The number of ether oxygens (including phenoxy) is 3. The van der Waals surface area contributed by atoms with E-state index in [0.717, 1.165) is 34.8 Å². The SMILES string of the molecule is CCOC(=O)Nc1nc2c(s1)CN(CC(=O)NCc1ccc3c(c1)OCO3)CC2. The molecule has 0 fully saturated rings. The summed E-state index contributed by atoms with van der Waals surface area (Å²) in [6.07, 6.45) is 0.240. The highest BCUT2D eigenvalue weighted by atomic mass is 32.1. The molecule has 0 radical (unpaired) electrons. The molecule has 1 aromatic carbocycles. The van der Waals surface area contributed by atoms with E-state index in [0.29, 0.717) is 37.1 Å². The Hall–Kier alpha value is -2.85. The molecule has 0 spiro atoms. The van der Waals surface area contributed by atoms with E-state index in [1.165, 1.54) is 11.3 Å². The van der Waals surface area contributed by atoms with Gasteiger partial charge in [-0.15, -0.1) is 0 Å². The summed E-state index contributed by atoms with van der Waals surface area (Å²) in [5.74, 6) is 1.39. The first-order valence-electron chi connectivity index (χ1n) is 9.40. The molecule has 0 unspecified atom stereocenters. The van der Waals surface area contributed by atoms with E-state index in [4.69, 9.17) is 14.2 Å². The van der Waals surface area contributed by atoms with Crippen LogP contribution in [0, 0.1) is 0 Å². The monoisotopic (exact) mass is 418 g/mol. The number of aromatic nitrogens is 1. The summed E-state index contributed by atoms with van der Waals surface area (Å²) in [4.78, 5) is 31.5. The smallest absolute Gasteiger partial charge is 0.413 e. The Labute approximate surface area is 172 Å². The van der Waals surface area contributed by atoms with Crippen molar-refractivity contribution in [1.29, 1.82) is 0 Å². The maximum atomic E-state index is 12.4. The van der Waals surface area contributed by atoms with Crippen molar-refractivity contribution < 1.29 is 23.8 Å². The molecule has 4 rings (SSSR count). The van der Waals surface area contributed by atoms with E-state index >= 15 is 0 Å². The minimum Gasteiger partial charge on any atom is -0.454 e. The highest BCUT2D eigenvalue weighted by molar-refractivity contribution is 7.15. The van der Waals surface area contributed by atoms with Gasteiger partial charge in [-0.2, -0.15) is 0 Å². The second-order valence-corrected chi connectivity index (χ2v) is 7.74. The van der Waals surface area contributed by atoms with Crippen molar-refractivity contribution in [3.05, 3.63) is 34.3 Å². The molecule has 2 aliphatic rings. The number of hydrogen-bond donors (Lipinski definition) is 2. The Morgan fingerprint density at radius 2 is 2.17 bits per heavy atom. The number of carbonyl (C=O) groups excluding carboxylic acids is 2. The van der Waals surface area contributed by atoms with Gasteiger partial charge in [-0.1, -0.05) is 17.4 Å². The minimum atomic E-state index is -0.502. The van der Waals surface area contributed by atoms with Gasteiger partial charge in [-0.25, -0.2) is 9.78 Å². The van der Waals surface area contributed by atoms with E-state index in [1.54, 1.807) is 6.92 Å². The van der Waals surface area contributed by atoms with Crippen LogP contribution in [0.15, 0.2) is 18.2 Å². The highest BCUT2D eigenvalue weighted by Crippen LogP contribution is 2.32. The van der Waals surface area contributed by atoms with Gasteiger partial charge in [-0.05, 0) is 24.6 Å². The number of benzene rings is 1. The van der Waals surface area contributed by atoms with Gasteiger partial charge in [0, 0.05) is 30.9 Å². The Morgan fingerprint density at radius 3 is 3.03 bits per heavy atom. The lowest BCUT2D eigenvalue weighted by atomic mass is 10.2. The highest BCUT2D eigenvalue weighted by Gasteiger charge is 2.23. The van der Waals surface area contributed by atoms with Gasteiger partial charge in [0.15, 0.2) is 16.6 Å². The summed E-state index contributed by atoms with van der Waals surface area (Å²) < 4.78 is 15.5. The fraction of sp³-hybridized carbons (Fsp3) is 0.421. The molecule has 0 atom stereocenters. The Bertz CT molecular complexity index is 916. The van der Waals surface area contributed by atoms with E-state index in [1.807, 2.05) is 18.2 Å². The van der Waals surface area contributed by atoms with Gasteiger partial charge < -0.3 is 19.5 Å². The van der Waals surface area contributed by atoms with Crippen molar-refractivity contribution >= 4 is 28.5 Å². The van der Waals surface area contributed by atoms with Gasteiger partial charge in [0.2, 0.25) is 12.7 Å². The number of rotatable bonds is 6. The second kappa shape index (κ2) is 8.66. The summed E-state index contributed by atoms with van der Waals surface area (Å²) in [6.45, 7) is 4.41. The van der Waals surface area contributed by atoms with E-state index in [2.05, 4.69) is 20.5 Å². The lowest BCUT2D eigenvalue weighted by molar-refractivity contribution is -0.122. The maximum absolute atomic E-state index is 12.4. The van der Waals surface area contributed by atoms with E-state index < -0.39 is 6.09 Å². The van der Waals surface area contributed by atoms with Crippen molar-refractivity contribution in [3.63, 3.8) is 0 Å². The van der Waals surface area contributed by atoms with Crippen LogP contribution in [-0.4, -0.2) is 48.4 Å². The zero-order valence-corrected chi connectivity index (χ0v) is 16.8. The topological polar surface area (TPSA) is 102 Å². The quantitative estimate of drug-likeness (QED) is 0.741. The fourth-order valence-corrected chi connectivity index (χ4v) is 4.24. The minimum absolute atomic E-state index is 0.0412. The number of amides is 2. The summed E-state index contributed by atoms with van der Waals surface area (Å²) >= 11 is 1.42. The number of fused-ring (bicyclic) bond motifs is 2. The molecule has 0 aliphatic carbocycles. The molecule has 3 heterocycles. The first-order chi connectivity index (χ1) is 14.1. The molecular formula is C19H22N4O5S. The average Bonchev–Trinajstić information content (AvgIpc) is 3.31. The number of nitrogens with zero attached hydrogens (tertiary/aromatic N) is 2. The molecule has 2 amide bonds. The van der Waals surface area contributed by atoms with Crippen LogP contribution in [0.5, 0.6) is 11.5 Å². The zero-order valence-electron chi connectivity index (χ0n) is 16.0. The number of nitrogens with one attached hydrogen (secondary N) is 2. The number of thiazole rings is 1. The van der Waals surface area contributed by atoms with Crippen LogP contribution >= 0.6 is 11.3 Å². The lowest BCUT2D eigenvalue weighted by Gasteiger charge is -2.25. The van der Waals surface area contributed by atoms with Gasteiger partial charge in [0.05, 0.1) is 18.8 Å². The van der Waals surface area contributed by atoms with Crippen LogP contribution < -0.4 is 20.1 Å². The number of anilines is 1. The number of hydrogen-bond acceptors (Lipinski definition) is 8. The average molecular weight is 418 g/mol. The first kappa shape index (κ1) is 19.5. The third-order valence-corrected chi connectivity index (χ3v) is 5.59. The van der Waals surface area contributed by atoms with Crippen LogP contribution in [0.3, 0.4) is 0 Å². The molecule has 2 N–H and O–H groups in total. The third-order valence-electron chi connectivity index (χ3n) is 4.59. The Kier molecular flexibility index (Phi) is 5.81. The van der Waals surface area contributed by atoms with Crippen molar-refractivity contribution in [2.45, 2.75) is 26.4 Å². The predicted molar refractivity (Wildman–Crippen MR) is 106 cm³/mol. The second-order valence-electron chi connectivity index (χ2n) is 6.66. The Morgan fingerprint density at radius 1 is 1.31 bits per heavy atom. The van der Waals surface area contributed by atoms with Crippen molar-refractivity contribution in [3.8, 4) is 11.5 Å². The van der Waals surface area contributed by atoms with Crippen molar-refractivity contribution in [2.24, 2.45) is 0 Å². The Balaban J connectivity index is 1.27. The molecule has 1 aromatic heterocycles. The van der Waals surface area contributed by atoms with Crippen LogP contribution in [0.4, 0.5) is 9.93 Å². The van der Waals surface area contributed by atoms with Crippen LogP contribution in [0.2, 0.25) is 0 Å². The van der Waals surface area contributed by atoms with Crippen molar-refractivity contribution in [2.75, 3.05) is 31.8 Å².